The van der Waals surface area contributed by atoms with E-state index in [-0.39, 0.29) is 5.56 Å². The average Bonchev–Trinajstić information content (AvgIpc) is 3.04. The molecule has 0 aliphatic carbocycles. The smallest absolute Gasteiger partial charge is 0.291 e. The fourth-order valence-corrected chi connectivity index (χ4v) is 3.57. The van der Waals surface area contributed by atoms with E-state index in [0.29, 0.717) is 17.7 Å². The third-order valence-electron chi connectivity index (χ3n) is 4.79. The molecule has 1 aliphatic rings. The molecule has 3 aromatic rings. The zero-order valence-electron chi connectivity index (χ0n) is 14.1. The summed E-state index contributed by atoms with van der Waals surface area (Å²) in [5, 5.41) is 0. The van der Waals surface area contributed by atoms with Crippen LogP contribution in [-0.2, 0) is 25.8 Å². The molecule has 0 saturated heterocycles. The third kappa shape index (κ3) is 3.37. The number of halogens is 3. The molecule has 0 aromatic heterocycles. The predicted molar refractivity (Wildman–Crippen MR) is 96.3 cm³/mol. The van der Waals surface area contributed by atoms with E-state index in [1.54, 1.807) is 42.5 Å². The normalized spacial score (nSPS) is 14.4. The maximum absolute atomic E-state index is 13.6. The van der Waals surface area contributed by atoms with Gasteiger partial charge in [-0.05, 0) is 33.9 Å². The van der Waals surface area contributed by atoms with Gasteiger partial charge < -0.3 is 0 Å². The first-order chi connectivity index (χ1) is 12.5. The average molecular weight is 353 g/mol. The molecule has 0 N–H and O–H groups in total. The van der Waals surface area contributed by atoms with Crippen molar-refractivity contribution in [1.82, 2.24) is 4.90 Å². The van der Waals surface area contributed by atoms with Crippen LogP contribution in [0.2, 0.25) is 0 Å². The monoisotopic (exact) mass is 353 g/mol. The summed E-state index contributed by atoms with van der Waals surface area (Å²) in [6, 6.07) is 21.6. The van der Waals surface area contributed by atoms with Gasteiger partial charge in [-0.3, -0.25) is 4.90 Å². The molecule has 0 unspecified atom stereocenters. The van der Waals surface area contributed by atoms with E-state index in [2.05, 4.69) is 17.0 Å². The van der Waals surface area contributed by atoms with E-state index >= 15 is 0 Å². The van der Waals surface area contributed by atoms with Crippen LogP contribution in [0, 0.1) is 0 Å². The number of rotatable bonds is 3. The molecule has 4 heteroatoms. The lowest BCUT2D eigenvalue weighted by molar-refractivity contribution is -0.137. The first-order valence-corrected chi connectivity index (χ1v) is 8.55. The van der Waals surface area contributed by atoms with Crippen LogP contribution in [0.4, 0.5) is 13.2 Å². The minimum absolute atomic E-state index is 0.228. The largest absolute Gasteiger partial charge is 0.417 e. The van der Waals surface area contributed by atoms with Crippen LogP contribution in [0.5, 0.6) is 0 Å². The van der Waals surface area contributed by atoms with Gasteiger partial charge >= 0.3 is 6.18 Å². The van der Waals surface area contributed by atoms with Gasteiger partial charge in [0.15, 0.2) is 0 Å². The highest BCUT2D eigenvalue weighted by Crippen LogP contribution is 2.38. The maximum Gasteiger partial charge on any atom is 0.417 e. The van der Waals surface area contributed by atoms with Gasteiger partial charge in [0.1, 0.15) is 0 Å². The van der Waals surface area contributed by atoms with Gasteiger partial charge in [0, 0.05) is 19.6 Å². The van der Waals surface area contributed by atoms with Crippen LogP contribution in [0.1, 0.15) is 22.3 Å². The second-order valence-corrected chi connectivity index (χ2v) is 6.66. The Labute approximate surface area is 150 Å². The Balaban J connectivity index is 1.63. The number of hydrogen-bond acceptors (Lipinski definition) is 1. The van der Waals surface area contributed by atoms with Gasteiger partial charge in [-0.25, -0.2) is 0 Å². The molecule has 1 nitrogen and oxygen atoms in total. The molecule has 0 fully saturated rings. The first-order valence-electron chi connectivity index (χ1n) is 8.55. The maximum atomic E-state index is 13.6. The Hall–Kier alpha value is -2.59. The van der Waals surface area contributed by atoms with Crippen molar-refractivity contribution in [3.8, 4) is 11.1 Å². The molecule has 0 bridgehead atoms. The Morgan fingerprint density at radius 1 is 0.769 bits per heavy atom. The number of hydrogen-bond donors (Lipinski definition) is 0. The van der Waals surface area contributed by atoms with Crippen molar-refractivity contribution >= 4 is 0 Å². The number of benzene rings is 3. The standard InChI is InChI=1S/C22H18F3N/c23-22(24,25)21-12-16(10-11-20(21)17-6-2-1-3-7-17)13-26-14-18-8-4-5-9-19(18)15-26/h1-12H,13-15H2. The molecule has 0 atom stereocenters. The molecule has 1 aliphatic heterocycles. The molecule has 26 heavy (non-hydrogen) atoms. The van der Waals surface area contributed by atoms with Crippen molar-refractivity contribution in [3.63, 3.8) is 0 Å². The highest BCUT2D eigenvalue weighted by atomic mass is 19.4. The van der Waals surface area contributed by atoms with Crippen LogP contribution in [-0.4, -0.2) is 4.90 Å². The minimum Gasteiger partial charge on any atom is -0.291 e. The van der Waals surface area contributed by atoms with Crippen molar-refractivity contribution < 1.29 is 13.2 Å². The lowest BCUT2D eigenvalue weighted by atomic mass is 9.97. The van der Waals surface area contributed by atoms with Crippen molar-refractivity contribution in [1.29, 1.82) is 0 Å². The van der Waals surface area contributed by atoms with Crippen LogP contribution < -0.4 is 0 Å². The van der Waals surface area contributed by atoms with E-state index in [1.165, 1.54) is 17.2 Å². The van der Waals surface area contributed by atoms with Crippen LogP contribution in [0.3, 0.4) is 0 Å². The second-order valence-electron chi connectivity index (χ2n) is 6.66. The zero-order chi connectivity index (χ0) is 18.1. The van der Waals surface area contributed by atoms with Crippen molar-refractivity contribution in [2.75, 3.05) is 0 Å². The van der Waals surface area contributed by atoms with Gasteiger partial charge in [0.05, 0.1) is 5.56 Å². The van der Waals surface area contributed by atoms with E-state index < -0.39 is 11.7 Å². The molecule has 132 valence electrons. The zero-order valence-corrected chi connectivity index (χ0v) is 14.1. The Kier molecular flexibility index (Phi) is 4.29. The molecule has 0 amide bonds. The molecule has 0 radical (unpaired) electrons. The lowest BCUT2D eigenvalue weighted by Gasteiger charge is -2.18. The Morgan fingerprint density at radius 3 is 2.00 bits per heavy atom. The van der Waals surface area contributed by atoms with Crippen molar-refractivity contribution in [2.45, 2.75) is 25.8 Å². The number of nitrogens with zero attached hydrogens (tertiary/aromatic N) is 1. The molecule has 3 aromatic carbocycles. The number of fused-ring (bicyclic) bond motifs is 1. The van der Waals surface area contributed by atoms with Crippen molar-refractivity contribution in [3.05, 3.63) is 95.1 Å². The van der Waals surface area contributed by atoms with Crippen molar-refractivity contribution in [2.24, 2.45) is 0 Å². The van der Waals surface area contributed by atoms with Crippen LogP contribution in [0.25, 0.3) is 11.1 Å². The fraction of sp³-hybridized carbons (Fsp3) is 0.182. The van der Waals surface area contributed by atoms with Gasteiger partial charge in [-0.2, -0.15) is 13.2 Å². The summed E-state index contributed by atoms with van der Waals surface area (Å²) in [6.45, 7) is 2.06. The first kappa shape index (κ1) is 16.9. The molecule has 1 heterocycles. The Morgan fingerprint density at radius 2 is 1.38 bits per heavy atom. The van der Waals surface area contributed by atoms with Gasteiger partial charge in [-0.15, -0.1) is 0 Å². The fourth-order valence-electron chi connectivity index (χ4n) is 3.57. The van der Waals surface area contributed by atoms with Gasteiger partial charge in [0.2, 0.25) is 0 Å². The molecule has 0 saturated carbocycles. The molecule has 4 rings (SSSR count). The lowest BCUT2D eigenvalue weighted by Crippen LogP contribution is -2.16. The quantitative estimate of drug-likeness (QED) is 0.568. The van der Waals surface area contributed by atoms with Crippen LogP contribution >= 0.6 is 0 Å². The highest BCUT2D eigenvalue weighted by molar-refractivity contribution is 5.68. The summed E-state index contributed by atoms with van der Waals surface area (Å²) in [5.41, 5.74) is 3.43. The molecular formula is C22H18F3N. The van der Waals surface area contributed by atoms with E-state index in [4.69, 9.17) is 0 Å². The summed E-state index contributed by atoms with van der Waals surface area (Å²) >= 11 is 0. The summed E-state index contributed by atoms with van der Waals surface area (Å²) in [5.74, 6) is 0. The van der Waals surface area contributed by atoms with Gasteiger partial charge in [0.25, 0.3) is 0 Å². The van der Waals surface area contributed by atoms with Crippen LogP contribution in [0.15, 0.2) is 72.8 Å². The number of alkyl halides is 3. The minimum atomic E-state index is -4.38. The molecular weight excluding hydrogens is 335 g/mol. The highest BCUT2D eigenvalue weighted by Gasteiger charge is 2.34. The van der Waals surface area contributed by atoms with E-state index in [9.17, 15) is 13.2 Å². The van der Waals surface area contributed by atoms with Gasteiger partial charge in [-0.1, -0.05) is 66.7 Å². The summed E-state index contributed by atoms with van der Waals surface area (Å²) in [7, 11) is 0. The second kappa shape index (κ2) is 6.61. The van der Waals surface area contributed by atoms with E-state index in [0.717, 1.165) is 13.1 Å². The Bertz CT molecular complexity index is 891. The SMILES string of the molecule is FC(F)(F)c1cc(CN2Cc3ccccc3C2)ccc1-c1ccccc1. The summed E-state index contributed by atoms with van der Waals surface area (Å²) in [6.07, 6.45) is -4.38. The predicted octanol–water partition coefficient (Wildman–Crippen LogP) is 5.89. The summed E-state index contributed by atoms with van der Waals surface area (Å²) in [4.78, 5) is 2.17. The molecule has 0 spiro atoms. The topological polar surface area (TPSA) is 3.24 Å². The third-order valence-corrected chi connectivity index (χ3v) is 4.79. The summed E-state index contributed by atoms with van der Waals surface area (Å²) < 4.78 is 40.9. The van der Waals surface area contributed by atoms with E-state index in [1.807, 2.05) is 12.1 Å².